The van der Waals surface area contributed by atoms with E-state index in [9.17, 15) is 4.79 Å². The quantitative estimate of drug-likeness (QED) is 0.852. The molecule has 4 heteroatoms. The Morgan fingerprint density at radius 3 is 2.81 bits per heavy atom. The number of carbonyl (C=O) groups is 1. The first-order valence-electron chi connectivity index (χ1n) is 6.72. The van der Waals surface area contributed by atoms with Crippen molar-refractivity contribution < 1.29 is 9.90 Å². The van der Waals surface area contributed by atoms with Crippen molar-refractivity contribution in [2.75, 3.05) is 6.61 Å². The van der Waals surface area contributed by atoms with Crippen LogP contribution < -0.4 is 5.32 Å². The fourth-order valence-electron chi connectivity index (χ4n) is 2.03. The molecule has 108 valence electrons. The molecule has 2 aromatic rings. The number of thiophene rings is 1. The van der Waals surface area contributed by atoms with Gasteiger partial charge in [-0.15, -0.1) is 11.3 Å². The van der Waals surface area contributed by atoms with Crippen LogP contribution in [-0.2, 0) is 6.42 Å². The minimum atomic E-state index is -0.207. The molecule has 1 amide bonds. The Hall–Kier alpha value is -2.09. The molecule has 1 unspecified atom stereocenters. The molecule has 0 aliphatic rings. The standard InChI is InChI=1S/C17H17NO2S/c1-13(12-14-6-3-2-4-7-14)18-17(20)16-15(8-5-10-19)9-11-21-16/h2-4,6-7,9,11,13,19H,10,12H2,1H3,(H,18,20). The van der Waals surface area contributed by atoms with Crippen molar-refractivity contribution >= 4 is 17.2 Å². The van der Waals surface area contributed by atoms with Gasteiger partial charge in [0.25, 0.3) is 5.91 Å². The van der Waals surface area contributed by atoms with Crippen molar-refractivity contribution in [3.8, 4) is 11.8 Å². The van der Waals surface area contributed by atoms with Gasteiger partial charge in [0.1, 0.15) is 11.5 Å². The van der Waals surface area contributed by atoms with E-state index in [2.05, 4.69) is 17.2 Å². The minimum absolute atomic E-state index is 0.0423. The maximum absolute atomic E-state index is 12.3. The second-order valence-corrected chi connectivity index (χ2v) is 5.60. The highest BCUT2D eigenvalue weighted by atomic mass is 32.1. The van der Waals surface area contributed by atoms with E-state index >= 15 is 0 Å². The lowest BCUT2D eigenvalue weighted by atomic mass is 10.1. The van der Waals surface area contributed by atoms with E-state index in [1.54, 1.807) is 6.07 Å². The smallest absolute Gasteiger partial charge is 0.262 e. The third-order valence-electron chi connectivity index (χ3n) is 2.94. The van der Waals surface area contributed by atoms with Gasteiger partial charge in [-0.05, 0) is 30.4 Å². The molecule has 0 saturated carbocycles. The van der Waals surface area contributed by atoms with Crippen LogP contribution in [-0.4, -0.2) is 23.7 Å². The van der Waals surface area contributed by atoms with Crippen LogP contribution in [0.1, 0.15) is 27.7 Å². The van der Waals surface area contributed by atoms with Crippen LogP contribution in [0.4, 0.5) is 0 Å². The third kappa shape index (κ3) is 4.45. The topological polar surface area (TPSA) is 49.3 Å². The van der Waals surface area contributed by atoms with Crippen molar-refractivity contribution in [2.45, 2.75) is 19.4 Å². The number of aliphatic hydroxyl groups excluding tert-OH is 1. The summed E-state index contributed by atoms with van der Waals surface area (Å²) in [4.78, 5) is 12.9. The van der Waals surface area contributed by atoms with Crippen molar-refractivity contribution in [2.24, 2.45) is 0 Å². The van der Waals surface area contributed by atoms with Crippen LogP contribution in [0.2, 0.25) is 0 Å². The van der Waals surface area contributed by atoms with Gasteiger partial charge in [0.05, 0.1) is 0 Å². The number of nitrogens with one attached hydrogen (secondary N) is 1. The van der Waals surface area contributed by atoms with E-state index in [0.717, 1.165) is 6.42 Å². The van der Waals surface area contributed by atoms with Crippen molar-refractivity contribution in [1.82, 2.24) is 5.32 Å². The number of aliphatic hydroxyl groups is 1. The summed E-state index contributed by atoms with van der Waals surface area (Å²) in [5, 5.41) is 13.6. The highest BCUT2D eigenvalue weighted by Crippen LogP contribution is 2.16. The summed E-state index contributed by atoms with van der Waals surface area (Å²) in [6, 6.07) is 11.9. The van der Waals surface area contributed by atoms with Gasteiger partial charge in [-0.3, -0.25) is 4.79 Å². The van der Waals surface area contributed by atoms with Crippen LogP contribution in [0.15, 0.2) is 41.8 Å². The number of carbonyl (C=O) groups excluding carboxylic acids is 1. The molecule has 0 aliphatic heterocycles. The summed E-state index contributed by atoms with van der Waals surface area (Å²) in [6.07, 6.45) is 0.787. The summed E-state index contributed by atoms with van der Waals surface area (Å²) in [6.45, 7) is 1.78. The van der Waals surface area contributed by atoms with Crippen LogP contribution in [0, 0.1) is 11.8 Å². The largest absolute Gasteiger partial charge is 0.384 e. The van der Waals surface area contributed by atoms with Gasteiger partial charge in [0.15, 0.2) is 0 Å². The lowest BCUT2D eigenvalue weighted by molar-refractivity contribution is 0.0944. The van der Waals surface area contributed by atoms with E-state index in [0.29, 0.717) is 10.4 Å². The van der Waals surface area contributed by atoms with Gasteiger partial charge >= 0.3 is 0 Å². The number of benzene rings is 1. The monoisotopic (exact) mass is 299 g/mol. The molecule has 0 saturated heterocycles. The molecule has 1 aromatic heterocycles. The number of hydrogen-bond donors (Lipinski definition) is 2. The fraction of sp³-hybridized carbons (Fsp3) is 0.235. The molecular formula is C17H17NO2S. The summed E-state index contributed by atoms with van der Waals surface area (Å²) < 4.78 is 0. The Kier molecular flexibility index (Phi) is 5.56. The molecule has 3 nitrogen and oxygen atoms in total. The lowest BCUT2D eigenvalue weighted by Gasteiger charge is -2.13. The predicted molar refractivity (Wildman–Crippen MR) is 85.4 cm³/mol. The van der Waals surface area contributed by atoms with E-state index in [4.69, 9.17) is 5.11 Å². The maximum Gasteiger partial charge on any atom is 0.262 e. The molecule has 1 aromatic carbocycles. The Bertz CT molecular complexity index is 652. The number of rotatable bonds is 4. The normalized spacial score (nSPS) is 11.3. The van der Waals surface area contributed by atoms with Crippen LogP contribution in [0.5, 0.6) is 0 Å². The van der Waals surface area contributed by atoms with E-state index in [1.165, 1.54) is 16.9 Å². The molecular weight excluding hydrogens is 282 g/mol. The van der Waals surface area contributed by atoms with E-state index < -0.39 is 0 Å². The molecule has 1 heterocycles. The molecule has 0 radical (unpaired) electrons. The summed E-state index contributed by atoms with van der Waals surface area (Å²) >= 11 is 1.36. The Balaban J connectivity index is 2.00. The van der Waals surface area contributed by atoms with Gasteiger partial charge in [-0.2, -0.15) is 0 Å². The molecule has 2 rings (SSSR count). The SMILES string of the molecule is CC(Cc1ccccc1)NC(=O)c1sccc1C#CCO. The van der Waals surface area contributed by atoms with Crippen LogP contribution in [0.3, 0.4) is 0 Å². The Morgan fingerprint density at radius 2 is 2.10 bits per heavy atom. The van der Waals surface area contributed by atoms with Gasteiger partial charge in [-0.25, -0.2) is 0 Å². The van der Waals surface area contributed by atoms with Gasteiger partial charge in [0, 0.05) is 11.6 Å². The second kappa shape index (κ2) is 7.63. The molecule has 0 fully saturated rings. The molecule has 0 bridgehead atoms. The molecule has 0 spiro atoms. The summed E-state index contributed by atoms with van der Waals surface area (Å²) in [5.41, 5.74) is 1.86. The third-order valence-corrected chi connectivity index (χ3v) is 3.85. The zero-order valence-corrected chi connectivity index (χ0v) is 12.6. The predicted octanol–water partition coefficient (Wildman–Crippen LogP) is 2.45. The van der Waals surface area contributed by atoms with Gasteiger partial charge in [-0.1, -0.05) is 42.2 Å². The van der Waals surface area contributed by atoms with E-state index in [1.807, 2.05) is 42.6 Å². The van der Waals surface area contributed by atoms with Crippen molar-refractivity contribution in [3.63, 3.8) is 0 Å². The first kappa shape index (κ1) is 15.3. The first-order valence-corrected chi connectivity index (χ1v) is 7.60. The molecule has 1 atom stereocenters. The van der Waals surface area contributed by atoms with Crippen molar-refractivity contribution in [1.29, 1.82) is 0 Å². The number of hydrogen-bond acceptors (Lipinski definition) is 3. The molecule has 2 N–H and O–H groups in total. The van der Waals surface area contributed by atoms with Crippen LogP contribution >= 0.6 is 11.3 Å². The summed E-state index contributed by atoms with van der Waals surface area (Å²) in [7, 11) is 0. The van der Waals surface area contributed by atoms with E-state index in [-0.39, 0.29) is 18.6 Å². The average molecular weight is 299 g/mol. The molecule has 21 heavy (non-hydrogen) atoms. The minimum Gasteiger partial charge on any atom is -0.384 e. The van der Waals surface area contributed by atoms with Gasteiger partial charge < -0.3 is 10.4 Å². The highest BCUT2D eigenvalue weighted by Gasteiger charge is 2.14. The Morgan fingerprint density at radius 1 is 1.33 bits per heavy atom. The Labute approximate surface area is 128 Å². The number of amides is 1. The summed E-state index contributed by atoms with van der Waals surface area (Å²) in [5.74, 6) is 5.25. The fourth-order valence-corrected chi connectivity index (χ4v) is 2.78. The second-order valence-electron chi connectivity index (χ2n) is 4.69. The zero-order valence-electron chi connectivity index (χ0n) is 11.8. The van der Waals surface area contributed by atoms with Crippen molar-refractivity contribution in [3.05, 3.63) is 57.8 Å². The zero-order chi connectivity index (χ0) is 15.1. The molecule has 0 aliphatic carbocycles. The highest BCUT2D eigenvalue weighted by molar-refractivity contribution is 7.12. The average Bonchev–Trinajstić information content (AvgIpc) is 2.94. The first-order chi connectivity index (χ1) is 10.2. The lowest BCUT2D eigenvalue weighted by Crippen LogP contribution is -2.33. The van der Waals surface area contributed by atoms with Crippen LogP contribution in [0.25, 0.3) is 0 Å². The van der Waals surface area contributed by atoms with Gasteiger partial charge in [0.2, 0.25) is 0 Å². The maximum atomic E-state index is 12.3.